The summed E-state index contributed by atoms with van der Waals surface area (Å²) in [5, 5.41) is 0.437. The molecule has 1 unspecified atom stereocenters. The molecular weight excluding hydrogens is 395 g/mol. The Balaban J connectivity index is 1.81. The van der Waals surface area contributed by atoms with Crippen LogP contribution < -0.4 is 4.90 Å². The molecule has 1 aromatic carbocycles. The third-order valence-electron chi connectivity index (χ3n) is 4.74. The predicted octanol–water partition coefficient (Wildman–Crippen LogP) is 4.26. The lowest BCUT2D eigenvalue weighted by Gasteiger charge is -2.21. The van der Waals surface area contributed by atoms with Gasteiger partial charge in [0, 0.05) is 13.0 Å². The van der Waals surface area contributed by atoms with Crippen molar-refractivity contribution < 1.29 is 23.5 Å². The first-order valence-electron chi connectivity index (χ1n) is 9.79. The summed E-state index contributed by atoms with van der Waals surface area (Å²) in [6, 6.07) is 6.01. The number of ether oxygens (including phenoxy) is 2. The smallest absolute Gasteiger partial charge is 0.350 e. The third-order valence-corrected chi connectivity index (χ3v) is 5.90. The van der Waals surface area contributed by atoms with E-state index in [0.29, 0.717) is 28.5 Å². The van der Waals surface area contributed by atoms with E-state index < -0.39 is 5.97 Å². The molecule has 1 aliphatic heterocycles. The second-order valence-corrected chi connectivity index (χ2v) is 7.89. The summed E-state index contributed by atoms with van der Waals surface area (Å²) in [5.74, 6) is -0.879. The highest BCUT2D eigenvalue weighted by Crippen LogP contribution is 2.29. The summed E-state index contributed by atoms with van der Waals surface area (Å²) in [6.45, 7) is 4.72. The average Bonchev–Trinajstić information content (AvgIpc) is 3.35. The van der Waals surface area contributed by atoms with Gasteiger partial charge >= 0.3 is 5.97 Å². The van der Waals surface area contributed by atoms with Crippen LogP contribution >= 0.6 is 11.3 Å². The standard InChI is InChI=1S/C21H25FN2O4S/c1-3-27-20(26)19-14(2)23-21(29-19)24(13-15-6-8-16(22)9-7-15)18(25)11-10-17-5-4-12-28-17/h6-9,17H,3-5,10-13H2,1-2H3. The molecule has 1 saturated heterocycles. The van der Waals surface area contributed by atoms with Crippen molar-refractivity contribution in [2.24, 2.45) is 0 Å². The molecule has 3 rings (SSSR count). The Morgan fingerprint density at radius 3 is 2.76 bits per heavy atom. The van der Waals surface area contributed by atoms with Gasteiger partial charge in [0.25, 0.3) is 0 Å². The lowest BCUT2D eigenvalue weighted by Crippen LogP contribution is -2.31. The molecule has 0 N–H and O–H groups in total. The molecule has 0 radical (unpaired) electrons. The number of esters is 1. The number of halogens is 1. The summed E-state index contributed by atoms with van der Waals surface area (Å²) in [7, 11) is 0. The first-order valence-corrected chi connectivity index (χ1v) is 10.6. The van der Waals surface area contributed by atoms with Gasteiger partial charge in [-0.2, -0.15) is 0 Å². The maximum Gasteiger partial charge on any atom is 0.350 e. The van der Waals surface area contributed by atoms with Crippen LogP contribution in [0.15, 0.2) is 24.3 Å². The highest BCUT2D eigenvalue weighted by molar-refractivity contribution is 7.17. The van der Waals surface area contributed by atoms with Crippen LogP contribution in [0.4, 0.5) is 9.52 Å². The van der Waals surface area contributed by atoms with Gasteiger partial charge in [-0.15, -0.1) is 0 Å². The van der Waals surface area contributed by atoms with Gasteiger partial charge in [-0.05, 0) is 50.8 Å². The predicted molar refractivity (Wildman–Crippen MR) is 109 cm³/mol. The van der Waals surface area contributed by atoms with Crippen molar-refractivity contribution in [2.45, 2.75) is 52.2 Å². The molecule has 1 aromatic heterocycles. The Bertz CT molecular complexity index is 847. The first kappa shape index (κ1) is 21.4. The molecule has 2 heterocycles. The molecule has 0 saturated carbocycles. The number of hydrogen-bond donors (Lipinski definition) is 0. The minimum atomic E-state index is -0.442. The Morgan fingerprint density at radius 2 is 2.10 bits per heavy atom. The highest BCUT2D eigenvalue weighted by atomic mass is 32.1. The van der Waals surface area contributed by atoms with Gasteiger partial charge in [-0.1, -0.05) is 23.5 Å². The summed E-state index contributed by atoms with van der Waals surface area (Å²) < 4.78 is 24.0. The Morgan fingerprint density at radius 1 is 1.34 bits per heavy atom. The van der Waals surface area contributed by atoms with Crippen molar-refractivity contribution in [2.75, 3.05) is 18.1 Å². The summed E-state index contributed by atoms with van der Waals surface area (Å²) in [4.78, 5) is 31.6. The molecule has 29 heavy (non-hydrogen) atoms. The SMILES string of the molecule is CCOC(=O)c1sc(N(Cc2ccc(F)cc2)C(=O)CCC2CCCO2)nc1C. The summed E-state index contributed by atoms with van der Waals surface area (Å²) in [6.07, 6.45) is 3.06. The normalized spacial score (nSPS) is 16.0. The van der Waals surface area contributed by atoms with Gasteiger partial charge in [0.05, 0.1) is 24.9 Å². The number of carbonyl (C=O) groups is 2. The van der Waals surface area contributed by atoms with E-state index in [1.807, 2.05) is 0 Å². The van der Waals surface area contributed by atoms with Crippen LogP contribution in [-0.2, 0) is 20.8 Å². The van der Waals surface area contributed by atoms with E-state index in [9.17, 15) is 14.0 Å². The van der Waals surface area contributed by atoms with Crippen LogP contribution in [0, 0.1) is 12.7 Å². The zero-order valence-electron chi connectivity index (χ0n) is 16.7. The zero-order valence-corrected chi connectivity index (χ0v) is 17.5. The van der Waals surface area contributed by atoms with Crippen molar-refractivity contribution in [3.63, 3.8) is 0 Å². The molecule has 0 aliphatic carbocycles. The fraction of sp³-hybridized carbons (Fsp3) is 0.476. The van der Waals surface area contributed by atoms with Gasteiger partial charge in [0.15, 0.2) is 5.13 Å². The summed E-state index contributed by atoms with van der Waals surface area (Å²) in [5.41, 5.74) is 1.31. The number of amides is 1. The fourth-order valence-electron chi connectivity index (χ4n) is 3.21. The number of aryl methyl sites for hydroxylation is 1. The number of rotatable bonds is 8. The van der Waals surface area contributed by atoms with Crippen LogP contribution in [0.25, 0.3) is 0 Å². The van der Waals surface area contributed by atoms with Crippen molar-refractivity contribution in [3.05, 3.63) is 46.2 Å². The number of aromatic nitrogens is 1. The number of hydrogen-bond acceptors (Lipinski definition) is 6. The van der Waals surface area contributed by atoms with Crippen LogP contribution in [0.1, 0.15) is 53.5 Å². The van der Waals surface area contributed by atoms with E-state index in [1.165, 1.54) is 12.1 Å². The largest absolute Gasteiger partial charge is 0.462 e. The Hall–Kier alpha value is -2.32. The number of carbonyl (C=O) groups excluding carboxylic acids is 2. The van der Waals surface area contributed by atoms with Crippen LogP contribution in [0.3, 0.4) is 0 Å². The molecule has 2 aromatic rings. The van der Waals surface area contributed by atoms with Gasteiger partial charge in [0.2, 0.25) is 5.91 Å². The van der Waals surface area contributed by atoms with E-state index in [4.69, 9.17) is 9.47 Å². The molecular formula is C21H25FN2O4S. The van der Waals surface area contributed by atoms with E-state index in [2.05, 4.69) is 4.98 Å². The third kappa shape index (κ3) is 5.61. The number of nitrogens with zero attached hydrogens (tertiary/aromatic N) is 2. The average molecular weight is 421 g/mol. The minimum Gasteiger partial charge on any atom is -0.462 e. The maximum absolute atomic E-state index is 13.3. The van der Waals surface area contributed by atoms with E-state index in [1.54, 1.807) is 30.9 Å². The molecule has 1 atom stereocenters. The number of anilines is 1. The second-order valence-electron chi connectivity index (χ2n) is 6.91. The van der Waals surface area contributed by atoms with Crippen molar-refractivity contribution in [1.29, 1.82) is 0 Å². The molecule has 156 valence electrons. The van der Waals surface area contributed by atoms with E-state index >= 15 is 0 Å². The van der Waals surface area contributed by atoms with Crippen molar-refractivity contribution in [3.8, 4) is 0 Å². The summed E-state index contributed by atoms with van der Waals surface area (Å²) >= 11 is 1.14. The zero-order chi connectivity index (χ0) is 20.8. The quantitative estimate of drug-likeness (QED) is 0.597. The molecule has 1 amide bonds. The lowest BCUT2D eigenvalue weighted by molar-refractivity contribution is -0.119. The first-order chi connectivity index (χ1) is 14.0. The topological polar surface area (TPSA) is 68.7 Å². The molecule has 6 nitrogen and oxygen atoms in total. The molecule has 8 heteroatoms. The van der Waals surface area contributed by atoms with Gasteiger partial charge in [0.1, 0.15) is 10.7 Å². The van der Waals surface area contributed by atoms with Crippen molar-refractivity contribution >= 4 is 28.3 Å². The van der Waals surface area contributed by atoms with Crippen LogP contribution in [0.2, 0.25) is 0 Å². The molecule has 0 bridgehead atoms. The van der Waals surface area contributed by atoms with Crippen LogP contribution in [-0.4, -0.2) is 36.2 Å². The monoisotopic (exact) mass is 420 g/mol. The van der Waals surface area contributed by atoms with Crippen molar-refractivity contribution in [1.82, 2.24) is 4.98 Å². The van der Waals surface area contributed by atoms with Gasteiger partial charge < -0.3 is 9.47 Å². The second kappa shape index (κ2) is 9.93. The maximum atomic E-state index is 13.3. The number of thiazole rings is 1. The van der Waals surface area contributed by atoms with E-state index in [-0.39, 0.29) is 31.0 Å². The molecule has 1 fully saturated rings. The Kier molecular flexibility index (Phi) is 7.33. The van der Waals surface area contributed by atoms with E-state index in [0.717, 1.165) is 36.3 Å². The highest BCUT2D eigenvalue weighted by Gasteiger charge is 2.25. The fourth-order valence-corrected chi connectivity index (χ4v) is 4.19. The number of benzene rings is 1. The Labute approximate surface area is 173 Å². The van der Waals surface area contributed by atoms with Crippen LogP contribution in [0.5, 0.6) is 0 Å². The van der Waals surface area contributed by atoms with Gasteiger partial charge in [-0.3, -0.25) is 9.69 Å². The lowest BCUT2D eigenvalue weighted by atomic mass is 10.1. The molecule has 1 aliphatic rings. The molecule has 0 spiro atoms. The minimum absolute atomic E-state index is 0.103. The van der Waals surface area contributed by atoms with Gasteiger partial charge in [-0.25, -0.2) is 14.2 Å².